The van der Waals surface area contributed by atoms with Gasteiger partial charge in [0.2, 0.25) is 0 Å². The molecule has 0 spiro atoms. The predicted octanol–water partition coefficient (Wildman–Crippen LogP) is 2.45. The molecule has 0 unspecified atom stereocenters. The lowest BCUT2D eigenvalue weighted by atomic mass is 10.1. The maximum absolute atomic E-state index is 12.7. The third kappa shape index (κ3) is 3.70. The summed E-state index contributed by atoms with van der Waals surface area (Å²) in [6, 6.07) is 8.15. The number of primary amides is 1. The fourth-order valence-electron chi connectivity index (χ4n) is 2.79. The van der Waals surface area contributed by atoms with Crippen molar-refractivity contribution in [3.8, 4) is 0 Å². The number of piperazine rings is 1. The van der Waals surface area contributed by atoms with Gasteiger partial charge in [-0.05, 0) is 30.3 Å². The Hall–Kier alpha value is -2.31. The molecule has 0 saturated carbocycles. The van der Waals surface area contributed by atoms with E-state index in [9.17, 15) is 9.59 Å². The highest BCUT2D eigenvalue weighted by atomic mass is 35.5. The molecule has 0 radical (unpaired) electrons. The number of pyridine rings is 1. The van der Waals surface area contributed by atoms with Crippen molar-refractivity contribution in [2.75, 3.05) is 31.1 Å². The van der Waals surface area contributed by atoms with Gasteiger partial charge in [0, 0.05) is 37.4 Å². The smallest absolute Gasteiger partial charge is 0.255 e. The quantitative estimate of drug-likeness (QED) is 0.889. The molecule has 130 valence electrons. The molecule has 1 aliphatic rings. The van der Waals surface area contributed by atoms with Crippen molar-refractivity contribution in [3.05, 3.63) is 57.7 Å². The van der Waals surface area contributed by atoms with Gasteiger partial charge in [-0.15, -0.1) is 0 Å². The van der Waals surface area contributed by atoms with Crippen molar-refractivity contribution in [1.29, 1.82) is 0 Å². The molecular weight excluding hydrogens is 363 g/mol. The molecule has 2 aromatic rings. The van der Waals surface area contributed by atoms with Crippen LogP contribution in [0, 0.1) is 0 Å². The maximum Gasteiger partial charge on any atom is 0.255 e. The molecule has 1 aromatic heterocycles. The number of anilines is 1. The Morgan fingerprint density at radius 1 is 1.04 bits per heavy atom. The van der Waals surface area contributed by atoms with E-state index in [1.165, 1.54) is 0 Å². The van der Waals surface area contributed by atoms with E-state index in [4.69, 9.17) is 28.9 Å². The van der Waals surface area contributed by atoms with Gasteiger partial charge in [0.15, 0.2) is 0 Å². The first-order valence-corrected chi connectivity index (χ1v) is 8.47. The molecular formula is C17H16Cl2N4O2. The molecule has 2 heterocycles. The van der Waals surface area contributed by atoms with Crippen molar-refractivity contribution < 1.29 is 9.59 Å². The van der Waals surface area contributed by atoms with E-state index in [2.05, 4.69) is 4.98 Å². The number of carbonyl (C=O) groups excluding carboxylic acids is 2. The van der Waals surface area contributed by atoms with Gasteiger partial charge in [0.1, 0.15) is 5.82 Å². The van der Waals surface area contributed by atoms with Gasteiger partial charge < -0.3 is 15.5 Å². The van der Waals surface area contributed by atoms with Crippen LogP contribution in [0.25, 0.3) is 0 Å². The van der Waals surface area contributed by atoms with Crippen LogP contribution in [0.5, 0.6) is 0 Å². The van der Waals surface area contributed by atoms with Gasteiger partial charge in [-0.3, -0.25) is 9.59 Å². The van der Waals surface area contributed by atoms with Crippen LogP contribution in [0.15, 0.2) is 36.5 Å². The zero-order chi connectivity index (χ0) is 18.0. The minimum absolute atomic E-state index is 0.164. The number of aromatic nitrogens is 1. The van der Waals surface area contributed by atoms with E-state index >= 15 is 0 Å². The van der Waals surface area contributed by atoms with E-state index in [1.807, 2.05) is 4.90 Å². The Bertz CT molecular complexity index is 820. The number of halogens is 2. The van der Waals surface area contributed by atoms with E-state index in [0.717, 1.165) is 0 Å². The number of benzene rings is 1. The molecule has 0 bridgehead atoms. The lowest BCUT2D eigenvalue weighted by Crippen LogP contribution is -2.49. The molecule has 1 saturated heterocycles. The topological polar surface area (TPSA) is 79.5 Å². The van der Waals surface area contributed by atoms with Crippen LogP contribution in [0.1, 0.15) is 20.7 Å². The highest BCUT2D eigenvalue weighted by Gasteiger charge is 2.26. The Kier molecular flexibility index (Phi) is 5.11. The predicted molar refractivity (Wildman–Crippen MR) is 97.3 cm³/mol. The molecule has 3 rings (SSSR count). The second-order valence-electron chi connectivity index (χ2n) is 5.64. The zero-order valence-electron chi connectivity index (χ0n) is 13.3. The second-order valence-corrected chi connectivity index (χ2v) is 6.49. The number of rotatable bonds is 3. The summed E-state index contributed by atoms with van der Waals surface area (Å²) in [5, 5.41) is 0.837. The SMILES string of the molecule is NC(=O)c1cccnc1N1CCN(C(=O)c2cc(Cl)ccc2Cl)CC1. The minimum Gasteiger partial charge on any atom is -0.365 e. The summed E-state index contributed by atoms with van der Waals surface area (Å²) >= 11 is 12.1. The van der Waals surface area contributed by atoms with E-state index in [1.54, 1.807) is 41.4 Å². The summed E-state index contributed by atoms with van der Waals surface area (Å²) in [4.78, 5) is 32.1. The number of hydrogen-bond donors (Lipinski definition) is 1. The van der Waals surface area contributed by atoms with E-state index in [0.29, 0.717) is 53.2 Å². The van der Waals surface area contributed by atoms with Crippen molar-refractivity contribution in [2.24, 2.45) is 5.73 Å². The average Bonchev–Trinajstić information content (AvgIpc) is 2.63. The van der Waals surface area contributed by atoms with E-state index in [-0.39, 0.29) is 5.91 Å². The molecule has 2 amide bonds. The van der Waals surface area contributed by atoms with E-state index < -0.39 is 5.91 Å². The molecule has 8 heteroatoms. The standard InChI is InChI=1S/C17H16Cl2N4O2/c18-11-3-4-14(19)13(10-11)17(25)23-8-6-22(7-9-23)16-12(15(20)24)2-1-5-21-16/h1-5,10H,6-9H2,(H2,20,24). The Balaban J connectivity index is 1.73. The molecule has 1 fully saturated rings. The van der Waals surface area contributed by atoms with Crippen molar-refractivity contribution in [2.45, 2.75) is 0 Å². The summed E-state index contributed by atoms with van der Waals surface area (Å²) in [7, 11) is 0. The average molecular weight is 379 g/mol. The summed E-state index contributed by atoms with van der Waals surface area (Å²) in [6.07, 6.45) is 1.62. The second kappa shape index (κ2) is 7.29. The number of nitrogens with zero attached hydrogens (tertiary/aromatic N) is 3. The van der Waals surface area contributed by atoms with Crippen LogP contribution < -0.4 is 10.6 Å². The van der Waals surface area contributed by atoms with Crippen LogP contribution in [-0.2, 0) is 0 Å². The van der Waals surface area contributed by atoms with Gasteiger partial charge in [-0.25, -0.2) is 4.98 Å². The van der Waals surface area contributed by atoms with Crippen LogP contribution in [0.3, 0.4) is 0 Å². The van der Waals surface area contributed by atoms with Crippen molar-refractivity contribution in [1.82, 2.24) is 9.88 Å². The normalized spacial score (nSPS) is 14.5. The van der Waals surface area contributed by atoms with Gasteiger partial charge >= 0.3 is 0 Å². The monoisotopic (exact) mass is 378 g/mol. The number of amides is 2. The highest BCUT2D eigenvalue weighted by molar-refractivity contribution is 6.35. The van der Waals surface area contributed by atoms with Crippen LogP contribution in [-0.4, -0.2) is 47.9 Å². The lowest BCUT2D eigenvalue weighted by molar-refractivity contribution is 0.0746. The summed E-state index contributed by atoms with van der Waals surface area (Å²) in [5.41, 5.74) is 6.17. The Labute approximate surface area is 155 Å². The van der Waals surface area contributed by atoms with Gasteiger partial charge in [-0.1, -0.05) is 23.2 Å². The summed E-state index contributed by atoms with van der Waals surface area (Å²) in [6.45, 7) is 2.05. The number of carbonyl (C=O) groups is 2. The molecule has 0 aliphatic carbocycles. The first-order valence-electron chi connectivity index (χ1n) is 7.71. The van der Waals surface area contributed by atoms with Gasteiger partial charge in [0.05, 0.1) is 16.1 Å². The third-order valence-electron chi connectivity index (χ3n) is 4.08. The lowest BCUT2D eigenvalue weighted by Gasteiger charge is -2.36. The molecule has 0 atom stereocenters. The fourth-order valence-corrected chi connectivity index (χ4v) is 3.16. The Morgan fingerprint density at radius 3 is 2.44 bits per heavy atom. The fraction of sp³-hybridized carbons (Fsp3) is 0.235. The Morgan fingerprint density at radius 2 is 1.76 bits per heavy atom. The first-order chi connectivity index (χ1) is 12.0. The summed E-state index contributed by atoms with van der Waals surface area (Å²) < 4.78 is 0. The first kappa shape index (κ1) is 17.5. The molecule has 2 N–H and O–H groups in total. The maximum atomic E-state index is 12.7. The van der Waals surface area contributed by atoms with Gasteiger partial charge in [-0.2, -0.15) is 0 Å². The largest absolute Gasteiger partial charge is 0.365 e. The minimum atomic E-state index is -0.521. The van der Waals surface area contributed by atoms with Crippen molar-refractivity contribution in [3.63, 3.8) is 0 Å². The van der Waals surface area contributed by atoms with Crippen molar-refractivity contribution >= 4 is 40.8 Å². The van der Waals surface area contributed by atoms with Crippen LogP contribution in [0.2, 0.25) is 10.0 Å². The summed E-state index contributed by atoms with van der Waals surface area (Å²) in [5.74, 6) is -0.140. The zero-order valence-corrected chi connectivity index (χ0v) is 14.8. The molecule has 1 aromatic carbocycles. The third-order valence-corrected chi connectivity index (χ3v) is 4.64. The van der Waals surface area contributed by atoms with Gasteiger partial charge in [0.25, 0.3) is 11.8 Å². The molecule has 6 nitrogen and oxygen atoms in total. The van der Waals surface area contributed by atoms with Crippen LogP contribution >= 0.6 is 23.2 Å². The number of nitrogens with two attached hydrogens (primary N) is 1. The van der Waals surface area contributed by atoms with Crippen LogP contribution in [0.4, 0.5) is 5.82 Å². The molecule has 1 aliphatic heterocycles. The molecule has 25 heavy (non-hydrogen) atoms. The highest BCUT2D eigenvalue weighted by Crippen LogP contribution is 2.24. The number of hydrogen-bond acceptors (Lipinski definition) is 4.